The van der Waals surface area contributed by atoms with Crippen LogP contribution in [-0.4, -0.2) is 18.7 Å². The van der Waals surface area contributed by atoms with E-state index >= 15 is 0 Å². The molecule has 1 amide bonds. The predicted octanol–water partition coefficient (Wildman–Crippen LogP) is 2.40. The SMILES string of the molecule is CC(C)OC(=O)NCC1=CCCC=C1. The quantitative estimate of drug-likeness (QED) is 0.751. The van der Waals surface area contributed by atoms with Crippen LogP contribution >= 0.6 is 0 Å². The van der Waals surface area contributed by atoms with E-state index in [-0.39, 0.29) is 12.2 Å². The Kier molecular flexibility index (Phi) is 4.23. The second-order valence-electron chi connectivity index (χ2n) is 3.57. The molecule has 0 fully saturated rings. The van der Waals surface area contributed by atoms with Gasteiger partial charge in [0.1, 0.15) is 0 Å². The topological polar surface area (TPSA) is 38.3 Å². The average Bonchev–Trinajstić information content (AvgIpc) is 2.15. The molecule has 0 aromatic carbocycles. The molecular formula is C11H17NO2. The van der Waals surface area contributed by atoms with Crippen LogP contribution in [0.25, 0.3) is 0 Å². The van der Waals surface area contributed by atoms with E-state index in [0.29, 0.717) is 6.54 Å². The van der Waals surface area contributed by atoms with Crippen LogP contribution in [0.2, 0.25) is 0 Å². The third-order valence-electron chi connectivity index (χ3n) is 1.85. The minimum absolute atomic E-state index is 0.0640. The zero-order chi connectivity index (χ0) is 10.4. The zero-order valence-electron chi connectivity index (χ0n) is 8.75. The van der Waals surface area contributed by atoms with Gasteiger partial charge in [0.2, 0.25) is 0 Å². The Morgan fingerprint density at radius 1 is 1.57 bits per heavy atom. The number of nitrogens with one attached hydrogen (secondary N) is 1. The van der Waals surface area contributed by atoms with Crippen molar-refractivity contribution in [3.63, 3.8) is 0 Å². The summed E-state index contributed by atoms with van der Waals surface area (Å²) in [7, 11) is 0. The lowest BCUT2D eigenvalue weighted by Gasteiger charge is -2.11. The first-order valence-electron chi connectivity index (χ1n) is 4.98. The lowest BCUT2D eigenvalue weighted by molar-refractivity contribution is 0.116. The molecule has 0 atom stereocenters. The Hall–Kier alpha value is -1.25. The molecule has 0 saturated heterocycles. The summed E-state index contributed by atoms with van der Waals surface area (Å²) in [4.78, 5) is 11.1. The van der Waals surface area contributed by atoms with Crippen molar-refractivity contribution in [2.45, 2.75) is 32.8 Å². The van der Waals surface area contributed by atoms with Crippen molar-refractivity contribution in [1.29, 1.82) is 0 Å². The van der Waals surface area contributed by atoms with Gasteiger partial charge < -0.3 is 10.1 Å². The molecule has 1 aliphatic carbocycles. The molecule has 0 unspecified atom stereocenters. The number of hydrogen-bond acceptors (Lipinski definition) is 2. The lowest BCUT2D eigenvalue weighted by atomic mass is 10.1. The lowest BCUT2D eigenvalue weighted by Crippen LogP contribution is -2.28. The molecule has 0 aliphatic heterocycles. The van der Waals surface area contributed by atoms with Gasteiger partial charge in [0, 0.05) is 6.54 Å². The molecule has 0 radical (unpaired) electrons. The van der Waals surface area contributed by atoms with Gasteiger partial charge in [-0.15, -0.1) is 0 Å². The fraction of sp³-hybridized carbons (Fsp3) is 0.545. The Morgan fingerprint density at radius 3 is 2.93 bits per heavy atom. The van der Waals surface area contributed by atoms with Crippen LogP contribution in [-0.2, 0) is 4.74 Å². The van der Waals surface area contributed by atoms with Gasteiger partial charge in [0.15, 0.2) is 0 Å². The Balaban J connectivity index is 2.23. The molecule has 0 bridgehead atoms. The second-order valence-corrected chi connectivity index (χ2v) is 3.57. The van der Waals surface area contributed by atoms with Crippen LogP contribution in [0, 0.1) is 0 Å². The first kappa shape index (κ1) is 10.8. The van der Waals surface area contributed by atoms with Gasteiger partial charge in [-0.05, 0) is 32.3 Å². The summed E-state index contributed by atoms with van der Waals surface area (Å²) in [5.41, 5.74) is 1.15. The molecule has 78 valence electrons. The molecule has 14 heavy (non-hydrogen) atoms. The van der Waals surface area contributed by atoms with E-state index in [1.807, 2.05) is 19.9 Å². The molecule has 0 heterocycles. The molecule has 3 heteroatoms. The van der Waals surface area contributed by atoms with Crippen molar-refractivity contribution < 1.29 is 9.53 Å². The zero-order valence-corrected chi connectivity index (χ0v) is 8.75. The Morgan fingerprint density at radius 2 is 2.36 bits per heavy atom. The van der Waals surface area contributed by atoms with Gasteiger partial charge in [-0.3, -0.25) is 0 Å². The van der Waals surface area contributed by atoms with Gasteiger partial charge in [0.25, 0.3) is 0 Å². The van der Waals surface area contributed by atoms with Crippen LogP contribution < -0.4 is 5.32 Å². The van der Waals surface area contributed by atoms with E-state index < -0.39 is 0 Å². The van der Waals surface area contributed by atoms with Crippen LogP contribution in [0.15, 0.2) is 23.8 Å². The van der Waals surface area contributed by atoms with Crippen LogP contribution in [0.3, 0.4) is 0 Å². The summed E-state index contributed by atoms with van der Waals surface area (Å²) in [5.74, 6) is 0. The van der Waals surface area contributed by atoms with Crippen LogP contribution in [0.4, 0.5) is 4.79 Å². The number of allylic oxidation sites excluding steroid dienone is 2. The Bertz CT molecular complexity index is 254. The van der Waals surface area contributed by atoms with Crippen molar-refractivity contribution in [2.75, 3.05) is 6.54 Å². The summed E-state index contributed by atoms with van der Waals surface area (Å²) >= 11 is 0. The third-order valence-corrected chi connectivity index (χ3v) is 1.85. The minimum atomic E-state index is -0.347. The smallest absolute Gasteiger partial charge is 0.407 e. The molecule has 0 saturated carbocycles. The highest BCUT2D eigenvalue weighted by molar-refractivity contribution is 5.67. The monoisotopic (exact) mass is 195 g/mol. The van der Waals surface area contributed by atoms with E-state index in [1.165, 1.54) is 0 Å². The second kappa shape index (κ2) is 5.47. The van der Waals surface area contributed by atoms with Crippen molar-refractivity contribution in [3.05, 3.63) is 23.8 Å². The van der Waals surface area contributed by atoms with E-state index in [9.17, 15) is 4.79 Å². The summed E-state index contributed by atoms with van der Waals surface area (Å²) in [6.07, 6.45) is 8.04. The normalized spacial score (nSPS) is 15.2. The van der Waals surface area contributed by atoms with Crippen molar-refractivity contribution in [3.8, 4) is 0 Å². The highest BCUT2D eigenvalue weighted by Crippen LogP contribution is 2.08. The number of rotatable bonds is 3. The van der Waals surface area contributed by atoms with Gasteiger partial charge in [-0.2, -0.15) is 0 Å². The highest BCUT2D eigenvalue weighted by Gasteiger charge is 2.04. The number of carbonyl (C=O) groups is 1. The maximum absolute atomic E-state index is 11.1. The van der Waals surface area contributed by atoms with Crippen molar-refractivity contribution in [2.24, 2.45) is 0 Å². The van der Waals surface area contributed by atoms with E-state index in [1.54, 1.807) is 0 Å². The van der Waals surface area contributed by atoms with E-state index in [0.717, 1.165) is 18.4 Å². The third kappa shape index (κ3) is 4.12. The summed E-state index contributed by atoms with van der Waals surface area (Å²) in [6.45, 7) is 4.22. The predicted molar refractivity (Wildman–Crippen MR) is 56.1 cm³/mol. The standard InChI is InChI=1S/C11H17NO2/c1-9(2)14-11(13)12-8-10-6-4-3-5-7-10/h4,6-7,9H,3,5,8H2,1-2H3,(H,12,13). The largest absolute Gasteiger partial charge is 0.447 e. The number of ether oxygens (including phenoxy) is 1. The molecule has 1 aliphatic rings. The molecule has 0 aromatic rings. The number of hydrogen-bond donors (Lipinski definition) is 1. The fourth-order valence-corrected chi connectivity index (χ4v) is 1.23. The molecular weight excluding hydrogens is 178 g/mol. The first-order valence-corrected chi connectivity index (χ1v) is 4.98. The summed E-state index contributed by atoms with van der Waals surface area (Å²) in [5, 5.41) is 2.70. The van der Waals surface area contributed by atoms with E-state index in [2.05, 4.69) is 17.5 Å². The molecule has 3 nitrogen and oxygen atoms in total. The maximum atomic E-state index is 11.1. The van der Waals surface area contributed by atoms with Gasteiger partial charge in [0.05, 0.1) is 6.10 Å². The number of amides is 1. The van der Waals surface area contributed by atoms with Gasteiger partial charge in [-0.25, -0.2) is 4.79 Å². The molecule has 1 N–H and O–H groups in total. The average molecular weight is 195 g/mol. The van der Waals surface area contributed by atoms with E-state index in [4.69, 9.17) is 4.74 Å². The Labute approximate surface area is 84.8 Å². The number of alkyl carbamates (subject to hydrolysis) is 1. The first-order chi connectivity index (χ1) is 6.68. The van der Waals surface area contributed by atoms with Gasteiger partial charge >= 0.3 is 6.09 Å². The maximum Gasteiger partial charge on any atom is 0.407 e. The van der Waals surface area contributed by atoms with Crippen LogP contribution in [0.5, 0.6) is 0 Å². The molecule has 0 spiro atoms. The molecule has 0 aromatic heterocycles. The minimum Gasteiger partial charge on any atom is -0.447 e. The summed E-state index contributed by atoms with van der Waals surface area (Å²) < 4.78 is 4.94. The summed E-state index contributed by atoms with van der Waals surface area (Å²) in [6, 6.07) is 0. The van der Waals surface area contributed by atoms with Crippen molar-refractivity contribution >= 4 is 6.09 Å². The molecule has 1 rings (SSSR count). The fourth-order valence-electron chi connectivity index (χ4n) is 1.23. The van der Waals surface area contributed by atoms with Gasteiger partial charge in [-0.1, -0.05) is 18.2 Å². The number of carbonyl (C=O) groups excluding carboxylic acids is 1. The van der Waals surface area contributed by atoms with Crippen LogP contribution in [0.1, 0.15) is 26.7 Å². The van der Waals surface area contributed by atoms with Crippen molar-refractivity contribution in [1.82, 2.24) is 5.32 Å². The highest BCUT2D eigenvalue weighted by atomic mass is 16.6.